The van der Waals surface area contributed by atoms with Gasteiger partial charge in [-0.25, -0.2) is 4.39 Å². The highest BCUT2D eigenvalue weighted by Gasteiger charge is 2.12. The van der Waals surface area contributed by atoms with Crippen LogP contribution in [0.15, 0.2) is 97.2 Å². The standard InChI is InChI=1S/C27H27FN2O/c1-31-27-14-12-23(13-15-27)19-29(18-22-7-3-2-4-8-22)21-26-11-6-16-30(26)20-24-9-5-10-25(28)17-24/h2-17H,18-21H2,1H3. The number of hydrogen-bond acceptors (Lipinski definition) is 2. The van der Waals surface area contributed by atoms with E-state index in [0.717, 1.165) is 30.9 Å². The number of benzene rings is 3. The number of rotatable bonds is 9. The van der Waals surface area contributed by atoms with E-state index in [4.69, 9.17) is 4.74 Å². The van der Waals surface area contributed by atoms with Crippen molar-refractivity contribution in [2.75, 3.05) is 7.11 Å². The molecule has 0 fully saturated rings. The first-order chi connectivity index (χ1) is 15.2. The first kappa shape index (κ1) is 20.9. The number of methoxy groups -OCH3 is 1. The van der Waals surface area contributed by atoms with Crippen LogP contribution >= 0.6 is 0 Å². The molecule has 4 heteroatoms. The van der Waals surface area contributed by atoms with E-state index >= 15 is 0 Å². The topological polar surface area (TPSA) is 17.4 Å². The SMILES string of the molecule is COc1ccc(CN(Cc2ccccc2)Cc2cccn2Cc2cccc(F)c2)cc1. The fourth-order valence-electron chi connectivity index (χ4n) is 3.81. The van der Waals surface area contributed by atoms with Crippen LogP contribution in [0.3, 0.4) is 0 Å². The lowest BCUT2D eigenvalue weighted by atomic mass is 10.1. The van der Waals surface area contributed by atoms with Gasteiger partial charge in [0, 0.05) is 38.1 Å². The average Bonchev–Trinajstić information content (AvgIpc) is 3.21. The molecule has 0 atom stereocenters. The van der Waals surface area contributed by atoms with E-state index in [1.807, 2.05) is 24.3 Å². The summed E-state index contributed by atoms with van der Waals surface area (Å²) < 4.78 is 21.1. The summed E-state index contributed by atoms with van der Waals surface area (Å²) in [6.45, 7) is 3.12. The number of hydrogen-bond donors (Lipinski definition) is 0. The Morgan fingerprint density at radius 2 is 1.45 bits per heavy atom. The van der Waals surface area contributed by atoms with Gasteiger partial charge < -0.3 is 9.30 Å². The molecule has 0 saturated heterocycles. The van der Waals surface area contributed by atoms with Crippen LogP contribution in [0.25, 0.3) is 0 Å². The Kier molecular flexibility index (Phi) is 6.80. The summed E-state index contributed by atoms with van der Waals surface area (Å²) in [7, 11) is 1.68. The lowest BCUT2D eigenvalue weighted by Gasteiger charge is -2.24. The van der Waals surface area contributed by atoms with Crippen molar-refractivity contribution >= 4 is 0 Å². The molecule has 158 valence electrons. The van der Waals surface area contributed by atoms with Gasteiger partial charge in [-0.05, 0) is 53.1 Å². The molecule has 1 heterocycles. The van der Waals surface area contributed by atoms with E-state index in [0.29, 0.717) is 6.54 Å². The quantitative estimate of drug-likeness (QED) is 0.340. The van der Waals surface area contributed by atoms with E-state index in [9.17, 15) is 4.39 Å². The highest BCUT2D eigenvalue weighted by atomic mass is 19.1. The Balaban J connectivity index is 1.53. The molecule has 0 amide bonds. The molecule has 1 aromatic heterocycles. The Bertz CT molecular complexity index is 1090. The molecule has 31 heavy (non-hydrogen) atoms. The molecular weight excluding hydrogens is 387 g/mol. The smallest absolute Gasteiger partial charge is 0.123 e. The van der Waals surface area contributed by atoms with Crippen molar-refractivity contribution in [3.8, 4) is 5.75 Å². The van der Waals surface area contributed by atoms with E-state index in [-0.39, 0.29) is 5.82 Å². The van der Waals surface area contributed by atoms with Gasteiger partial charge in [0.25, 0.3) is 0 Å². The van der Waals surface area contributed by atoms with Gasteiger partial charge in [-0.2, -0.15) is 0 Å². The van der Waals surface area contributed by atoms with Crippen molar-refractivity contribution in [2.45, 2.75) is 26.2 Å². The fraction of sp³-hybridized carbons (Fsp3) is 0.185. The molecule has 0 aliphatic rings. The van der Waals surface area contributed by atoms with Crippen molar-refractivity contribution in [1.82, 2.24) is 9.47 Å². The Morgan fingerprint density at radius 3 is 2.16 bits per heavy atom. The predicted molar refractivity (Wildman–Crippen MR) is 122 cm³/mol. The van der Waals surface area contributed by atoms with Gasteiger partial charge in [-0.3, -0.25) is 4.90 Å². The molecule has 3 nitrogen and oxygen atoms in total. The van der Waals surface area contributed by atoms with Crippen LogP contribution in [0.4, 0.5) is 4.39 Å². The molecule has 0 aliphatic carbocycles. The molecule has 0 bridgehead atoms. The maximum absolute atomic E-state index is 13.6. The molecule has 4 aromatic rings. The zero-order valence-electron chi connectivity index (χ0n) is 17.7. The van der Waals surface area contributed by atoms with Crippen LogP contribution in [-0.2, 0) is 26.2 Å². The first-order valence-corrected chi connectivity index (χ1v) is 10.5. The van der Waals surface area contributed by atoms with Gasteiger partial charge in [0.2, 0.25) is 0 Å². The summed E-state index contributed by atoms with van der Waals surface area (Å²) >= 11 is 0. The van der Waals surface area contributed by atoms with E-state index < -0.39 is 0 Å². The zero-order chi connectivity index (χ0) is 21.5. The highest BCUT2D eigenvalue weighted by Crippen LogP contribution is 2.18. The van der Waals surface area contributed by atoms with Crippen LogP contribution in [-0.4, -0.2) is 16.6 Å². The second-order valence-electron chi connectivity index (χ2n) is 7.74. The average molecular weight is 415 g/mol. The van der Waals surface area contributed by atoms with Crippen molar-refractivity contribution in [3.63, 3.8) is 0 Å². The van der Waals surface area contributed by atoms with Crippen molar-refractivity contribution in [3.05, 3.63) is 125 Å². The molecule has 0 unspecified atom stereocenters. The lowest BCUT2D eigenvalue weighted by molar-refractivity contribution is 0.241. The summed E-state index contributed by atoms with van der Waals surface area (Å²) in [6, 6.07) is 29.8. The van der Waals surface area contributed by atoms with Crippen LogP contribution in [0.5, 0.6) is 5.75 Å². The second-order valence-corrected chi connectivity index (χ2v) is 7.74. The summed E-state index contributed by atoms with van der Waals surface area (Å²) in [5.41, 5.74) is 4.68. The van der Waals surface area contributed by atoms with Gasteiger partial charge in [0.1, 0.15) is 11.6 Å². The summed E-state index contributed by atoms with van der Waals surface area (Å²) in [5.74, 6) is 0.666. The number of halogens is 1. The first-order valence-electron chi connectivity index (χ1n) is 10.5. The van der Waals surface area contributed by atoms with Crippen LogP contribution in [0.1, 0.15) is 22.4 Å². The summed E-state index contributed by atoms with van der Waals surface area (Å²) in [5, 5.41) is 0. The fourth-order valence-corrected chi connectivity index (χ4v) is 3.81. The number of nitrogens with zero attached hydrogens (tertiary/aromatic N) is 2. The summed E-state index contributed by atoms with van der Waals surface area (Å²) in [6.07, 6.45) is 2.06. The molecule has 4 rings (SSSR count). The monoisotopic (exact) mass is 414 g/mol. The third-order valence-electron chi connectivity index (χ3n) is 5.37. The summed E-state index contributed by atoms with van der Waals surface area (Å²) in [4.78, 5) is 2.43. The molecule has 0 saturated carbocycles. The minimum atomic E-state index is -0.198. The van der Waals surface area contributed by atoms with E-state index in [1.54, 1.807) is 19.2 Å². The maximum atomic E-state index is 13.6. The van der Waals surface area contributed by atoms with Crippen LogP contribution in [0.2, 0.25) is 0 Å². The van der Waals surface area contributed by atoms with Gasteiger partial charge in [0.05, 0.1) is 7.11 Å². The normalized spacial score (nSPS) is 11.1. The zero-order valence-corrected chi connectivity index (χ0v) is 17.7. The minimum absolute atomic E-state index is 0.198. The molecule has 0 N–H and O–H groups in total. The minimum Gasteiger partial charge on any atom is -0.497 e. The molecule has 0 radical (unpaired) electrons. The lowest BCUT2D eigenvalue weighted by Crippen LogP contribution is -2.24. The van der Waals surface area contributed by atoms with Crippen LogP contribution < -0.4 is 4.74 Å². The van der Waals surface area contributed by atoms with Crippen LogP contribution in [0, 0.1) is 5.82 Å². The molecule has 0 aliphatic heterocycles. The predicted octanol–water partition coefficient (Wildman–Crippen LogP) is 5.89. The Morgan fingerprint density at radius 1 is 0.742 bits per heavy atom. The van der Waals surface area contributed by atoms with E-state index in [2.05, 4.69) is 64.2 Å². The van der Waals surface area contributed by atoms with Gasteiger partial charge in [-0.1, -0.05) is 54.6 Å². The third kappa shape index (κ3) is 5.83. The largest absolute Gasteiger partial charge is 0.497 e. The Hall–Kier alpha value is -3.37. The molecular formula is C27H27FN2O. The number of ether oxygens (including phenoxy) is 1. The van der Waals surface area contributed by atoms with Gasteiger partial charge in [0.15, 0.2) is 0 Å². The van der Waals surface area contributed by atoms with Crippen molar-refractivity contribution < 1.29 is 9.13 Å². The van der Waals surface area contributed by atoms with Crippen molar-refractivity contribution in [1.29, 1.82) is 0 Å². The van der Waals surface area contributed by atoms with Gasteiger partial charge in [-0.15, -0.1) is 0 Å². The van der Waals surface area contributed by atoms with E-state index in [1.165, 1.54) is 22.9 Å². The second kappa shape index (κ2) is 10.1. The maximum Gasteiger partial charge on any atom is 0.123 e. The third-order valence-corrected chi connectivity index (χ3v) is 5.37. The number of aromatic nitrogens is 1. The van der Waals surface area contributed by atoms with Crippen molar-refractivity contribution in [2.24, 2.45) is 0 Å². The van der Waals surface area contributed by atoms with Gasteiger partial charge >= 0.3 is 0 Å². The molecule has 3 aromatic carbocycles. The molecule has 0 spiro atoms. The Labute approximate surface area is 183 Å². The highest BCUT2D eigenvalue weighted by molar-refractivity contribution is 5.27.